The lowest BCUT2D eigenvalue weighted by molar-refractivity contribution is -0.133. The molecule has 2 aromatic carbocycles. The topological polar surface area (TPSA) is 103 Å². The molecule has 0 unspecified atom stereocenters. The Morgan fingerprint density at radius 1 is 0.870 bits per heavy atom. The minimum absolute atomic E-state index is 0.0778. The molecule has 3 N–H and O–H groups in total. The molecule has 1 atom stereocenters. The van der Waals surface area contributed by atoms with Gasteiger partial charge in [-0.1, -0.05) is 18.2 Å². The van der Waals surface area contributed by atoms with Crippen molar-refractivity contribution in [2.24, 2.45) is 0 Å². The summed E-state index contributed by atoms with van der Waals surface area (Å²) in [7, 11) is 2.19. The molecule has 3 saturated heterocycles. The van der Waals surface area contributed by atoms with Crippen LogP contribution in [0, 0.1) is 0 Å². The molecule has 0 aromatic heterocycles. The third-order valence-electron chi connectivity index (χ3n) is 9.91. The van der Waals surface area contributed by atoms with Gasteiger partial charge in [0.05, 0.1) is 5.69 Å². The Bertz CT molecular complexity index is 1410. The van der Waals surface area contributed by atoms with Crippen molar-refractivity contribution < 1.29 is 14.4 Å². The molecule has 3 fully saturated rings. The van der Waals surface area contributed by atoms with E-state index in [0.29, 0.717) is 53.2 Å². The van der Waals surface area contributed by atoms with Crippen molar-refractivity contribution in [3.05, 3.63) is 50.9 Å². The molecular formula is C33H44Br2N8O3. The van der Waals surface area contributed by atoms with Crippen LogP contribution in [0.1, 0.15) is 38.2 Å². The Kier molecular flexibility index (Phi) is 10.4. The molecule has 13 heteroatoms. The SMILES string of the molecule is C[C@H](Nc1cc(Br)c(NC(=O)N2CCC(N3Cc4ccccc4NC3=O)CC2)c(Br)c1)C(=O)N1CCN(C2CCN(C)CC2)CC1. The number of anilines is 3. The van der Waals surface area contributed by atoms with Gasteiger partial charge in [0.15, 0.2) is 0 Å². The number of para-hydroxylation sites is 1. The van der Waals surface area contributed by atoms with Crippen molar-refractivity contribution in [3.8, 4) is 0 Å². The fourth-order valence-electron chi connectivity index (χ4n) is 7.11. The maximum absolute atomic E-state index is 13.3. The van der Waals surface area contributed by atoms with Crippen LogP contribution in [0.3, 0.4) is 0 Å². The van der Waals surface area contributed by atoms with Gasteiger partial charge in [0.25, 0.3) is 0 Å². The van der Waals surface area contributed by atoms with Crippen LogP contribution in [0.15, 0.2) is 45.3 Å². The maximum Gasteiger partial charge on any atom is 0.322 e. The standard InChI is InChI=1S/C33H44Br2N8O3/c1-22(31(44)41-17-15-40(16-18-41)25-7-11-39(2)12-8-25)36-24-19-27(34)30(28(35)20-24)38-32(45)42-13-9-26(10-14-42)43-21-23-5-3-4-6-29(23)37-33(43)46/h3-6,19-20,22,25-26,36H,7-18,21H2,1-2H3,(H,37,46)(H,38,45)/t22-/m0/s1. The van der Waals surface area contributed by atoms with Gasteiger partial charge < -0.3 is 35.6 Å². The van der Waals surface area contributed by atoms with E-state index >= 15 is 0 Å². The van der Waals surface area contributed by atoms with E-state index in [1.165, 1.54) is 12.8 Å². The molecule has 0 bridgehead atoms. The van der Waals surface area contributed by atoms with E-state index in [1.807, 2.05) is 53.1 Å². The first-order chi connectivity index (χ1) is 22.2. The first kappa shape index (κ1) is 33.0. The predicted octanol–water partition coefficient (Wildman–Crippen LogP) is 5.29. The smallest absolute Gasteiger partial charge is 0.322 e. The quantitative estimate of drug-likeness (QED) is 0.370. The Morgan fingerprint density at radius 2 is 1.50 bits per heavy atom. The highest BCUT2D eigenvalue weighted by Crippen LogP contribution is 2.35. The molecule has 0 aliphatic carbocycles. The van der Waals surface area contributed by atoms with E-state index in [9.17, 15) is 14.4 Å². The fraction of sp³-hybridized carbons (Fsp3) is 0.545. The first-order valence-corrected chi connectivity index (χ1v) is 17.9. The summed E-state index contributed by atoms with van der Waals surface area (Å²) >= 11 is 7.25. The summed E-state index contributed by atoms with van der Waals surface area (Å²) in [6, 6.07) is 11.7. The second-order valence-corrected chi connectivity index (χ2v) is 14.6. The van der Waals surface area contributed by atoms with E-state index in [4.69, 9.17) is 0 Å². The van der Waals surface area contributed by atoms with Gasteiger partial charge in [-0.2, -0.15) is 0 Å². The predicted molar refractivity (Wildman–Crippen MR) is 188 cm³/mol. The number of piperidine rings is 2. The summed E-state index contributed by atoms with van der Waals surface area (Å²) in [4.78, 5) is 49.9. The zero-order valence-corrected chi connectivity index (χ0v) is 29.8. The second kappa shape index (κ2) is 14.5. The number of nitrogens with one attached hydrogen (secondary N) is 3. The van der Waals surface area contributed by atoms with Crippen LogP contribution in [0.2, 0.25) is 0 Å². The molecule has 248 valence electrons. The van der Waals surface area contributed by atoms with Crippen LogP contribution >= 0.6 is 31.9 Å². The van der Waals surface area contributed by atoms with Crippen LogP contribution in [0.4, 0.5) is 26.7 Å². The van der Waals surface area contributed by atoms with Crippen molar-refractivity contribution >= 4 is 66.9 Å². The lowest BCUT2D eigenvalue weighted by Gasteiger charge is -2.42. The molecule has 0 saturated carbocycles. The first-order valence-electron chi connectivity index (χ1n) is 16.3. The number of likely N-dealkylation sites (tertiary alicyclic amines) is 2. The zero-order chi connectivity index (χ0) is 32.4. The number of benzene rings is 2. The number of urea groups is 2. The molecule has 4 aliphatic rings. The van der Waals surface area contributed by atoms with Gasteiger partial charge in [0, 0.05) is 78.2 Å². The van der Waals surface area contributed by atoms with Crippen molar-refractivity contribution in [2.75, 3.05) is 75.4 Å². The number of hydrogen-bond acceptors (Lipinski definition) is 6. The second-order valence-electron chi connectivity index (χ2n) is 12.9. The molecule has 5 amide bonds. The van der Waals surface area contributed by atoms with Gasteiger partial charge in [-0.25, -0.2) is 9.59 Å². The van der Waals surface area contributed by atoms with Crippen molar-refractivity contribution in [1.29, 1.82) is 0 Å². The number of piperazine rings is 1. The van der Waals surface area contributed by atoms with Crippen molar-refractivity contribution in [3.63, 3.8) is 0 Å². The summed E-state index contributed by atoms with van der Waals surface area (Å²) < 4.78 is 1.42. The highest BCUT2D eigenvalue weighted by Gasteiger charge is 2.33. The number of halogens is 2. The maximum atomic E-state index is 13.3. The number of carbonyl (C=O) groups excluding carboxylic acids is 3. The molecular weight excluding hydrogens is 716 g/mol. The monoisotopic (exact) mass is 758 g/mol. The highest BCUT2D eigenvalue weighted by atomic mass is 79.9. The van der Waals surface area contributed by atoms with E-state index in [1.54, 1.807) is 4.90 Å². The van der Waals surface area contributed by atoms with Gasteiger partial charge in [-0.15, -0.1) is 0 Å². The van der Waals surface area contributed by atoms with Crippen LogP contribution < -0.4 is 16.0 Å². The summed E-state index contributed by atoms with van der Waals surface area (Å²) in [5.74, 6) is 0.0993. The summed E-state index contributed by atoms with van der Waals surface area (Å²) in [5.41, 5.74) is 3.39. The van der Waals surface area contributed by atoms with Gasteiger partial charge >= 0.3 is 12.1 Å². The number of amides is 5. The summed E-state index contributed by atoms with van der Waals surface area (Å²) in [6.07, 6.45) is 3.84. The number of rotatable bonds is 6. The van der Waals surface area contributed by atoms with Gasteiger partial charge in [-0.05, 0) is 108 Å². The Morgan fingerprint density at radius 3 is 2.17 bits per heavy atom. The molecule has 4 aliphatic heterocycles. The molecule has 6 rings (SSSR count). The van der Waals surface area contributed by atoms with E-state index in [2.05, 4.69) is 64.7 Å². The van der Waals surface area contributed by atoms with Crippen LogP contribution in [0.5, 0.6) is 0 Å². The van der Waals surface area contributed by atoms with E-state index in [-0.39, 0.29) is 30.1 Å². The molecule has 0 spiro atoms. The average molecular weight is 761 g/mol. The minimum Gasteiger partial charge on any atom is -0.374 e. The lowest BCUT2D eigenvalue weighted by atomic mass is 10.0. The van der Waals surface area contributed by atoms with Gasteiger partial charge in [-0.3, -0.25) is 9.69 Å². The Balaban J connectivity index is 0.979. The van der Waals surface area contributed by atoms with Crippen LogP contribution in [-0.4, -0.2) is 120 Å². The Hall–Kier alpha value is -2.87. The number of hydrogen-bond donors (Lipinski definition) is 3. The highest BCUT2D eigenvalue weighted by molar-refractivity contribution is 9.11. The minimum atomic E-state index is -0.383. The average Bonchev–Trinajstić information content (AvgIpc) is 3.06. The molecule has 46 heavy (non-hydrogen) atoms. The van der Waals surface area contributed by atoms with Gasteiger partial charge in [0.2, 0.25) is 5.91 Å². The normalized spacial score (nSPS) is 21.0. The summed E-state index contributed by atoms with van der Waals surface area (Å²) in [5, 5.41) is 9.40. The third-order valence-corrected chi connectivity index (χ3v) is 11.2. The molecule has 2 aromatic rings. The van der Waals surface area contributed by atoms with Crippen LogP contribution in [-0.2, 0) is 11.3 Å². The van der Waals surface area contributed by atoms with Crippen molar-refractivity contribution in [1.82, 2.24) is 24.5 Å². The number of fused-ring (bicyclic) bond motifs is 1. The number of nitrogens with zero attached hydrogens (tertiary/aromatic N) is 5. The largest absolute Gasteiger partial charge is 0.374 e. The molecule has 0 radical (unpaired) electrons. The lowest BCUT2D eigenvalue weighted by Crippen LogP contribution is -2.55. The number of carbonyl (C=O) groups is 3. The van der Waals surface area contributed by atoms with E-state index in [0.717, 1.165) is 56.2 Å². The Labute approximate surface area is 288 Å². The zero-order valence-electron chi connectivity index (χ0n) is 26.6. The molecule has 4 heterocycles. The third kappa shape index (κ3) is 7.48. The molecule has 11 nitrogen and oxygen atoms in total. The summed E-state index contributed by atoms with van der Waals surface area (Å²) in [6.45, 7) is 9.26. The van der Waals surface area contributed by atoms with Crippen molar-refractivity contribution in [2.45, 2.75) is 57.3 Å². The van der Waals surface area contributed by atoms with Crippen LogP contribution in [0.25, 0.3) is 0 Å². The van der Waals surface area contributed by atoms with E-state index < -0.39 is 0 Å². The van der Waals surface area contributed by atoms with Gasteiger partial charge in [0.1, 0.15) is 6.04 Å². The fourth-order valence-corrected chi connectivity index (χ4v) is 8.50.